The van der Waals surface area contributed by atoms with Gasteiger partial charge in [0.05, 0.1) is 18.1 Å². The van der Waals surface area contributed by atoms with Crippen LogP contribution in [-0.2, 0) is 19.3 Å². The molecular formula is C24H24IN7O. The second-order valence-electron chi connectivity index (χ2n) is 6.52. The van der Waals surface area contributed by atoms with Crippen LogP contribution < -0.4 is 5.73 Å². The van der Waals surface area contributed by atoms with E-state index in [4.69, 9.17) is 26.6 Å². The zero-order chi connectivity index (χ0) is 24.8. The van der Waals surface area contributed by atoms with E-state index < -0.39 is 0 Å². The minimum atomic E-state index is 0.159. The molecule has 3 aromatic heterocycles. The van der Waals surface area contributed by atoms with E-state index in [-0.39, 0.29) is 5.75 Å². The summed E-state index contributed by atoms with van der Waals surface area (Å²) in [4.78, 5) is 11.5. The summed E-state index contributed by atoms with van der Waals surface area (Å²) in [5.41, 5.74) is 10.5. The Kier molecular flexibility index (Phi) is 11.9. The molecule has 0 aliphatic rings. The molecule has 0 atom stereocenters. The highest BCUT2D eigenvalue weighted by Gasteiger charge is 2.01. The van der Waals surface area contributed by atoms with Crippen molar-refractivity contribution in [3.05, 3.63) is 74.1 Å². The van der Waals surface area contributed by atoms with Crippen molar-refractivity contribution in [3.63, 3.8) is 0 Å². The minimum absolute atomic E-state index is 0.159. The van der Waals surface area contributed by atoms with Crippen LogP contribution in [0.25, 0.3) is 0 Å². The Bertz CT molecular complexity index is 1060. The summed E-state index contributed by atoms with van der Waals surface area (Å²) in [5, 5.41) is 34.6. The Morgan fingerprint density at radius 1 is 0.758 bits per heavy atom. The number of aromatic hydroxyl groups is 1. The van der Waals surface area contributed by atoms with Crippen molar-refractivity contribution in [1.29, 1.82) is 15.8 Å². The van der Waals surface area contributed by atoms with Crippen LogP contribution in [-0.4, -0.2) is 20.1 Å². The number of nitrogen functional groups attached to an aromatic ring is 1. The first-order chi connectivity index (χ1) is 15.8. The van der Waals surface area contributed by atoms with Gasteiger partial charge in [-0.25, -0.2) is 15.0 Å². The number of anilines is 1. The predicted molar refractivity (Wildman–Crippen MR) is 134 cm³/mol. The van der Waals surface area contributed by atoms with Crippen molar-refractivity contribution in [3.8, 4) is 24.0 Å². The summed E-state index contributed by atoms with van der Waals surface area (Å²) in [6.45, 7) is 5.97. The van der Waals surface area contributed by atoms with E-state index >= 15 is 0 Å². The summed E-state index contributed by atoms with van der Waals surface area (Å²) in [7, 11) is 0. The van der Waals surface area contributed by atoms with Crippen molar-refractivity contribution in [2.24, 2.45) is 0 Å². The maximum atomic E-state index is 9.16. The first-order valence-corrected chi connectivity index (χ1v) is 11.2. The third kappa shape index (κ3) is 8.72. The highest BCUT2D eigenvalue weighted by molar-refractivity contribution is 14.1. The van der Waals surface area contributed by atoms with E-state index in [2.05, 4.69) is 44.5 Å². The number of halogens is 1. The molecule has 0 aliphatic carbocycles. The lowest BCUT2D eigenvalue weighted by Crippen LogP contribution is -1.95. The molecule has 33 heavy (non-hydrogen) atoms. The van der Waals surface area contributed by atoms with E-state index in [0.717, 1.165) is 27.5 Å². The van der Waals surface area contributed by atoms with E-state index in [1.165, 1.54) is 18.0 Å². The molecule has 0 saturated carbocycles. The molecule has 8 nitrogen and oxygen atoms in total. The van der Waals surface area contributed by atoms with Gasteiger partial charge in [-0.1, -0.05) is 20.8 Å². The molecule has 0 aliphatic heterocycles. The quantitative estimate of drug-likeness (QED) is 0.451. The average Bonchev–Trinajstić information content (AvgIpc) is 2.85. The fourth-order valence-electron chi connectivity index (χ4n) is 2.52. The van der Waals surface area contributed by atoms with Gasteiger partial charge in [-0.2, -0.15) is 15.8 Å². The van der Waals surface area contributed by atoms with Crippen LogP contribution >= 0.6 is 22.6 Å². The fraction of sp³-hybridized carbons (Fsp3) is 0.250. The van der Waals surface area contributed by atoms with E-state index in [1.807, 2.05) is 38.1 Å². The molecular weight excluding hydrogens is 529 g/mol. The van der Waals surface area contributed by atoms with Crippen molar-refractivity contribution < 1.29 is 5.11 Å². The Labute approximate surface area is 207 Å². The molecule has 0 bridgehead atoms. The number of aromatic nitrogens is 3. The van der Waals surface area contributed by atoms with Gasteiger partial charge in [0, 0.05) is 9.77 Å². The number of nitriles is 3. The molecule has 3 rings (SSSR count). The molecule has 0 fully saturated rings. The van der Waals surface area contributed by atoms with Crippen molar-refractivity contribution in [2.75, 3.05) is 5.73 Å². The zero-order valence-corrected chi connectivity index (χ0v) is 20.8. The summed E-state index contributed by atoms with van der Waals surface area (Å²) in [6, 6.07) is 11.0. The Balaban J connectivity index is 0.000000247. The van der Waals surface area contributed by atoms with Crippen LogP contribution in [0.5, 0.6) is 5.75 Å². The first-order valence-electron chi connectivity index (χ1n) is 10.1. The molecule has 3 heterocycles. The van der Waals surface area contributed by atoms with Crippen LogP contribution in [0.15, 0.2) is 36.8 Å². The molecule has 0 spiro atoms. The van der Waals surface area contributed by atoms with Gasteiger partial charge in [-0.15, -0.1) is 0 Å². The second-order valence-corrected chi connectivity index (χ2v) is 7.69. The van der Waals surface area contributed by atoms with Gasteiger partial charge in [0.25, 0.3) is 0 Å². The van der Waals surface area contributed by atoms with E-state index in [9.17, 15) is 0 Å². The zero-order valence-electron chi connectivity index (χ0n) is 18.7. The third-order valence-corrected chi connectivity index (χ3v) is 5.38. The predicted octanol–water partition coefficient (Wildman–Crippen LogP) is 4.44. The van der Waals surface area contributed by atoms with Gasteiger partial charge >= 0.3 is 0 Å². The molecule has 0 unspecified atom stereocenters. The third-order valence-electron chi connectivity index (χ3n) is 4.41. The van der Waals surface area contributed by atoms with Gasteiger partial charge in [0.2, 0.25) is 0 Å². The van der Waals surface area contributed by atoms with Crippen LogP contribution in [0.3, 0.4) is 0 Å². The fourth-order valence-corrected chi connectivity index (χ4v) is 3.20. The molecule has 9 heteroatoms. The van der Waals surface area contributed by atoms with Crippen LogP contribution in [0.1, 0.15) is 54.5 Å². The number of hydrogen-bond donors (Lipinski definition) is 2. The van der Waals surface area contributed by atoms with Gasteiger partial charge in [-0.3, -0.25) is 0 Å². The van der Waals surface area contributed by atoms with Crippen LogP contribution in [0.2, 0.25) is 0 Å². The topological polar surface area (TPSA) is 156 Å². The number of pyridine rings is 3. The number of aryl methyl sites for hydroxylation is 3. The lowest BCUT2D eigenvalue weighted by molar-refractivity contribution is 0.466. The second kappa shape index (κ2) is 14.3. The molecule has 168 valence electrons. The summed E-state index contributed by atoms with van der Waals surface area (Å²) < 4.78 is 1.13. The SMILES string of the molecule is CCc1cc(C#N)ncc1I.CCc1cc(C#N)ncc1N.CCc1cc(C#N)ncc1O. The Morgan fingerprint density at radius 2 is 1.18 bits per heavy atom. The normalized spacial score (nSPS) is 9.12. The van der Waals surface area contributed by atoms with Crippen molar-refractivity contribution in [2.45, 2.75) is 40.0 Å². The molecule has 0 amide bonds. The maximum Gasteiger partial charge on any atom is 0.141 e. The maximum absolute atomic E-state index is 9.16. The van der Waals surface area contributed by atoms with Gasteiger partial charge < -0.3 is 10.8 Å². The van der Waals surface area contributed by atoms with Gasteiger partial charge in [-0.05, 0) is 76.7 Å². The summed E-state index contributed by atoms with van der Waals surface area (Å²) >= 11 is 2.22. The molecule has 3 N–H and O–H groups in total. The standard InChI is InChI=1S/C8H7IN2.C8H9N3.C8H8N2O/c1-2-6-3-7(4-10)11-5-8(6)9;1-2-6-3-7(4-9)11-5-8(6)10;1-2-6-3-7(4-9)10-5-8(6)11/h3,5H,2H2,1H3;3,5H,2,10H2,1H3;3,5,11H,2H2,1H3. The highest BCUT2D eigenvalue weighted by Crippen LogP contribution is 2.16. The molecule has 0 radical (unpaired) electrons. The largest absolute Gasteiger partial charge is 0.506 e. The minimum Gasteiger partial charge on any atom is -0.506 e. The monoisotopic (exact) mass is 553 g/mol. The van der Waals surface area contributed by atoms with Crippen molar-refractivity contribution in [1.82, 2.24) is 15.0 Å². The molecule has 3 aromatic rings. The number of hydrogen-bond acceptors (Lipinski definition) is 8. The summed E-state index contributed by atoms with van der Waals surface area (Å²) in [6.07, 6.45) is 7.06. The van der Waals surface area contributed by atoms with Crippen LogP contribution in [0, 0.1) is 37.6 Å². The molecule has 0 aromatic carbocycles. The summed E-state index contributed by atoms with van der Waals surface area (Å²) in [5.74, 6) is 0.159. The lowest BCUT2D eigenvalue weighted by atomic mass is 10.1. The number of rotatable bonds is 3. The lowest BCUT2D eigenvalue weighted by Gasteiger charge is -2.00. The van der Waals surface area contributed by atoms with Crippen LogP contribution in [0.4, 0.5) is 5.69 Å². The van der Waals surface area contributed by atoms with Gasteiger partial charge in [0.1, 0.15) is 41.0 Å². The smallest absolute Gasteiger partial charge is 0.141 e. The Hall–Kier alpha value is -3.75. The van der Waals surface area contributed by atoms with E-state index in [1.54, 1.807) is 18.3 Å². The highest BCUT2D eigenvalue weighted by atomic mass is 127. The molecule has 0 saturated heterocycles. The Morgan fingerprint density at radius 3 is 1.67 bits per heavy atom. The average molecular weight is 553 g/mol. The van der Waals surface area contributed by atoms with Crippen molar-refractivity contribution >= 4 is 28.3 Å². The first kappa shape index (κ1) is 27.3. The number of nitrogens with zero attached hydrogens (tertiary/aromatic N) is 6. The number of nitrogens with two attached hydrogens (primary N) is 1. The van der Waals surface area contributed by atoms with E-state index in [0.29, 0.717) is 29.2 Å². The van der Waals surface area contributed by atoms with Gasteiger partial charge in [0.15, 0.2) is 0 Å².